The van der Waals surface area contributed by atoms with Gasteiger partial charge in [0.05, 0.1) is 12.1 Å². The smallest absolute Gasteiger partial charge is 0.226 e. The van der Waals surface area contributed by atoms with E-state index in [1.165, 1.54) is 32.1 Å². The molecule has 1 amide bonds. The summed E-state index contributed by atoms with van der Waals surface area (Å²) in [6.07, 6.45) is 6.52. The van der Waals surface area contributed by atoms with Crippen LogP contribution in [0.1, 0.15) is 46.0 Å². The molecule has 4 bridgehead atoms. The maximum Gasteiger partial charge on any atom is 0.226 e. The zero-order valence-corrected chi connectivity index (χ0v) is 12.4. The molecule has 0 aromatic heterocycles. The van der Waals surface area contributed by atoms with Gasteiger partial charge in [-0.3, -0.25) is 4.79 Å². The number of rotatable bonds is 3. The molecule has 108 valence electrons. The van der Waals surface area contributed by atoms with Crippen molar-refractivity contribution in [2.75, 3.05) is 13.7 Å². The lowest BCUT2D eigenvalue weighted by atomic mass is 9.51. The summed E-state index contributed by atoms with van der Waals surface area (Å²) >= 11 is 0. The Morgan fingerprint density at radius 1 is 1.11 bits per heavy atom. The third kappa shape index (κ3) is 2.10. The van der Waals surface area contributed by atoms with Gasteiger partial charge in [-0.25, -0.2) is 0 Å². The summed E-state index contributed by atoms with van der Waals surface area (Å²) in [4.78, 5) is 14.7. The first-order valence-electron chi connectivity index (χ1n) is 7.81. The lowest BCUT2D eigenvalue weighted by molar-refractivity contribution is -0.153. The summed E-state index contributed by atoms with van der Waals surface area (Å²) in [5, 5.41) is 9.47. The fourth-order valence-electron chi connectivity index (χ4n) is 4.96. The molecule has 3 heteroatoms. The molecular weight excluding hydrogens is 238 g/mol. The predicted octanol–water partition coefficient (Wildman–Crippen LogP) is 2.29. The van der Waals surface area contributed by atoms with Crippen LogP contribution in [0.2, 0.25) is 0 Å². The molecule has 0 radical (unpaired) electrons. The van der Waals surface area contributed by atoms with Crippen LogP contribution in [0.5, 0.6) is 0 Å². The Bertz CT molecular complexity index is 349. The van der Waals surface area contributed by atoms with Gasteiger partial charge in [-0.05, 0) is 69.6 Å². The number of hydrogen-bond acceptors (Lipinski definition) is 2. The molecule has 3 nitrogen and oxygen atoms in total. The van der Waals surface area contributed by atoms with E-state index in [2.05, 4.69) is 0 Å². The Morgan fingerprint density at radius 2 is 1.58 bits per heavy atom. The molecule has 4 aliphatic carbocycles. The SMILES string of the molecule is CN(C(=O)C1C2CC3CC(C2)CC1C3)C(C)(C)CO. The van der Waals surface area contributed by atoms with Gasteiger partial charge >= 0.3 is 0 Å². The molecule has 0 heterocycles. The van der Waals surface area contributed by atoms with E-state index >= 15 is 0 Å². The lowest BCUT2D eigenvalue weighted by Gasteiger charge is -2.55. The number of hydrogen-bond donors (Lipinski definition) is 1. The summed E-state index contributed by atoms with van der Waals surface area (Å²) in [5.74, 6) is 3.59. The number of amides is 1. The standard InChI is InChI=1S/C16H27NO2/c1-16(2,9-18)17(3)15(19)14-12-5-10-4-11(7-12)8-13(14)6-10/h10-14,18H,4-9H2,1-3H3. The third-order valence-electron chi connectivity index (χ3n) is 6.14. The topological polar surface area (TPSA) is 40.5 Å². The molecule has 0 saturated heterocycles. The number of aliphatic hydroxyl groups excluding tert-OH is 1. The van der Waals surface area contributed by atoms with E-state index in [9.17, 15) is 9.90 Å². The quantitative estimate of drug-likeness (QED) is 0.850. The van der Waals surface area contributed by atoms with Gasteiger partial charge in [0.1, 0.15) is 0 Å². The molecule has 4 rings (SSSR count). The first kappa shape index (κ1) is 13.4. The summed E-state index contributed by atoms with van der Waals surface area (Å²) in [5.41, 5.74) is -0.439. The number of aliphatic hydroxyl groups is 1. The maximum absolute atomic E-state index is 12.9. The van der Waals surface area contributed by atoms with Gasteiger partial charge in [0.15, 0.2) is 0 Å². The van der Waals surface area contributed by atoms with Gasteiger partial charge < -0.3 is 10.0 Å². The molecule has 4 aliphatic rings. The van der Waals surface area contributed by atoms with Crippen LogP contribution < -0.4 is 0 Å². The van der Waals surface area contributed by atoms with E-state index < -0.39 is 5.54 Å². The third-order valence-corrected chi connectivity index (χ3v) is 6.14. The van der Waals surface area contributed by atoms with Crippen molar-refractivity contribution in [1.82, 2.24) is 4.90 Å². The second-order valence-electron chi connectivity index (χ2n) is 7.82. The van der Waals surface area contributed by atoms with Gasteiger partial charge in [-0.1, -0.05) is 0 Å². The van der Waals surface area contributed by atoms with Gasteiger partial charge in [0, 0.05) is 13.0 Å². The minimum absolute atomic E-state index is 0.0303. The van der Waals surface area contributed by atoms with Crippen molar-refractivity contribution >= 4 is 5.91 Å². The van der Waals surface area contributed by atoms with Gasteiger partial charge in [-0.2, -0.15) is 0 Å². The molecule has 4 saturated carbocycles. The van der Waals surface area contributed by atoms with Crippen molar-refractivity contribution in [3.8, 4) is 0 Å². The Morgan fingerprint density at radius 3 is 2.00 bits per heavy atom. The fourth-order valence-corrected chi connectivity index (χ4v) is 4.96. The van der Waals surface area contributed by atoms with Crippen molar-refractivity contribution in [2.45, 2.75) is 51.5 Å². The molecule has 4 fully saturated rings. The molecule has 0 spiro atoms. The molecule has 19 heavy (non-hydrogen) atoms. The fraction of sp³-hybridized carbons (Fsp3) is 0.938. The van der Waals surface area contributed by atoms with Crippen LogP contribution in [0, 0.1) is 29.6 Å². The average Bonchev–Trinajstić information content (AvgIpc) is 2.36. The molecule has 0 aliphatic heterocycles. The van der Waals surface area contributed by atoms with E-state index in [4.69, 9.17) is 0 Å². The normalized spacial score (nSPS) is 40.5. The highest BCUT2D eigenvalue weighted by Crippen LogP contribution is 2.57. The van der Waals surface area contributed by atoms with Crippen molar-refractivity contribution in [2.24, 2.45) is 29.6 Å². The van der Waals surface area contributed by atoms with Crippen LogP contribution in [0.3, 0.4) is 0 Å². The van der Waals surface area contributed by atoms with Crippen LogP contribution >= 0.6 is 0 Å². The van der Waals surface area contributed by atoms with Crippen LogP contribution in [0.25, 0.3) is 0 Å². The number of carbonyl (C=O) groups is 1. The van der Waals surface area contributed by atoms with Crippen molar-refractivity contribution in [3.05, 3.63) is 0 Å². The van der Waals surface area contributed by atoms with Crippen molar-refractivity contribution < 1.29 is 9.90 Å². The van der Waals surface area contributed by atoms with Gasteiger partial charge in [0.2, 0.25) is 5.91 Å². The van der Waals surface area contributed by atoms with Crippen LogP contribution in [-0.2, 0) is 4.79 Å². The molecule has 1 N–H and O–H groups in total. The van der Waals surface area contributed by atoms with E-state index in [0.717, 1.165) is 11.8 Å². The van der Waals surface area contributed by atoms with Gasteiger partial charge in [0.25, 0.3) is 0 Å². The van der Waals surface area contributed by atoms with Crippen LogP contribution in [-0.4, -0.2) is 35.1 Å². The zero-order chi connectivity index (χ0) is 13.8. The van der Waals surface area contributed by atoms with Crippen LogP contribution in [0.15, 0.2) is 0 Å². The summed E-state index contributed by atoms with van der Waals surface area (Å²) in [7, 11) is 1.86. The number of carbonyl (C=O) groups excluding carboxylic acids is 1. The van der Waals surface area contributed by atoms with E-state index in [0.29, 0.717) is 11.8 Å². The lowest BCUT2D eigenvalue weighted by Crippen LogP contribution is -2.56. The first-order chi connectivity index (χ1) is 8.92. The predicted molar refractivity (Wildman–Crippen MR) is 74.5 cm³/mol. The Kier molecular flexibility index (Phi) is 3.16. The molecule has 0 aromatic carbocycles. The highest BCUT2D eigenvalue weighted by molar-refractivity contribution is 5.80. The summed E-state index contributed by atoms with van der Waals surface area (Å²) in [6.45, 7) is 3.92. The highest BCUT2D eigenvalue weighted by atomic mass is 16.3. The second-order valence-corrected chi connectivity index (χ2v) is 7.82. The second kappa shape index (κ2) is 4.47. The Hall–Kier alpha value is -0.570. The van der Waals surface area contributed by atoms with Gasteiger partial charge in [-0.15, -0.1) is 0 Å². The maximum atomic E-state index is 12.9. The minimum Gasteiger partial charge on any atom is -0.394 e. The molecule has 0 unspecified atom stereocenters. The molecule has 0 aromatic rings. The summed E-state index contributed by atoms with van der Waals surface area (Å²) < 4.78 is 0. The first-order valence-corrected chi connectivity index (χ1v) is 7.81. The van der Waals surface area contributed by atoms with E-state index in [1.54, 1.807) is 4.90 Å². The molecular formula is C16H27NO2. The summed E-state index contributed by atoms with van der Waals surface area (Å²) in [6, 6.07) is 0. The number of nitrogens with zero attached hydrogens (tertiary/aromatic N) is 1. The van der Waals surface area contributed by atoms with Crippen molar-refractivity contribution in [3.63, 3.8) is 0 Å². The van der Waals surface area contributed by atoms with Crippen molar-refractivity contribution in [1.29, 1.82) is 0 Å². The Labute approximate surface area is 116 Å². The minimum atomic E-state index is -0.439. The monoisotopic (exact) mass is 265 g/mol. The van der Waals surface area contributed by atoms with E-state index in [1.807, 2.05) is 20.9 Å². The van der Waals surface area contributed by atoms with E-state index in [-0.39, 0.29) is 18.4 Å². The number of likely N-dealkylation sites (N-methyl/N-ethyl adjacent to an activating group) is 1. The Balaban J connectivity index is 1.77. The van der Waals surface area contributed by atoms with Crippen LogP contribution in [0.4, 0.5) is 0 Å². The zero-order valence-electron chi connectivity index (χ0n) is 12.4. The largest absolute Gasteiger partial charge is 0.394 e. The highest BCUT2D eigenvalue weighted by Gasteiger charge is 2.52. The average molecular weight is 265 g/mol. The molecule has 0 atom stereocenters.